The molecule has 0 aliphatic carbocycles. The molecule has 1 aromatic rings. The van der Waals surface area contributed by atoms with Crippen molar-refractivity contribution in [2.24, 2.45) is 0 Å². The van der Waals surface area contributed by atoms with E-state index in [2.05, 4.69) is 0 Å². The molecule has 6 nitrogen and oxygen atoms in total. The summed E-state index contributed by atoms with van der Waals surface area (Å²) in [5.74, 6) is -2.02. The third-order valence-electron chi connectivity index (χ3n) is 3.41. The average Bonchev–Trinajstić information content (AvgIpc) is 2.78. The normalized spacial score (nSPS) is 19.7. The fourth-order valence-corrected chi connectivity index (χ4v) is 4.05. The summed E-state index contributed by atoms with van der Waals surface area (Å²) in [4.78, 5) is 11.3. The first-order chi connectivity index (χ1) is 9.36. The number of fused-ring (bicyclic) bond motifs is 1. The quantitative estimate of drug-likeness (QED) is 0.878. The minimum Gasteiger partial charge on any atom is -0.481 e. The summed E-state index contributed by atoms with van der Waals surface area (Å²) in [7, 11) is -2.16. The summed E-state index contributed by atoms with van der Waals surface area (Å²) in [6.07, 6.45) is -0.448. The monoisotopic (exact) mass is 299 g/mol. The molecule has 0 fully saturated rings. The number of anilines is 1. The molecule has 2 rings (SSSR count). The van der Waals surface area contributed by atoms with E-state index in [0.29, 0.717) is 11.3 Å². The molecule has 20 heavy (non-hydrogen) atoms. The van der Waals surface area contributed by atoms with Gasteiger partial charge in [0, 0.05) is 7.11 Å². The topological polar surface area (TPSA) is 83.9 Å². The predicted octanol–water partition coefficient (Wildman–Crippen LogP) is 1.04. The number of methoxy groups -OCH3 is 1. The molecule has 0 spiro atoms. The zero-order valence-electron chi connectivity index (χ0n) is 11.3. The van der Waals surface area contributed by atoms with Crippen LogP contribution in [0.25, 0.3) is 0 Å². The molecule has 0 saturated heterocycles. The van der Waals surface area contributed by atoms with Crippen LogP contribution in [0.3, 0.4) is 0 Å². The molecule has 1 aliphatic heterocycles. The van der Waals surface area contributed by atoms with Crippen molar-refractivity contribution in [2.75, 3.05) is 23.7 Å². The van der Waals surface area contributed by atoms with Crippen LogP contribution in [0.5, 0.6) is 0 Å². The van der Waals surface area contributed by atoms with E-state index < -0.39 is 28.0 Å². The minimum atomic E-state index is -3.61. The maximum atomic E-state index is 12.4. The Bertz CT molecular complexity index is 613. The zero-order chi connectivity index (χ0) is 14.9. The second kappa shape index (κ2) is 5.41. The molecular formula is C13H17NO5S. The summed E-state index contributed by atoms with van der Waals surface area (Å²) in [6, 6.07) is 6.70. The summed E-state index contributed by atoms with van der Waals surface area (Å²) in [5.41, 5.74) is 0.983. The van der Waals surface area contributed by atoms with Gasteiger partial charge in [0.25, 0.3) is 0 Å². The van der Waals surface area contributed by atoms with Gasteiger partial charge in [0.15, 0.2) is 0 Å². The Kier molecular flexibility index (Phi) is 4.01. The number of carbonyl (C=O) groups is 1. The van der Waals surface area contributed by atoms with E-state index in [9.17, 15) is 18.3 Å². The van der Waals surface area contributed by atoms with E-state index in [0.717, 1.165) is 0 Å². The lowest BCUT2D eigenvalue weighted by Gasteiger charge is -2.21. The number of hydrogen-bond donors (Lipinski definition) is 1. The van der Waals surface area contributed by atoms with Crippen LogP contribution in [0.2, 0.25) is 0 Å². The van der Waals surface area contributed by atoms with Crippen molar-refractivity contribution in [3.8, 4) is 0 Å². The number of sulfonamides is 1. The first kappa shape index (κ1) is 14.8. The number of carboxylic acid groups (broad SMARTS) is 1. The molecule has 1 aromatic carbocycles. The highest BCUT2D eigenvalue weighted by Gasteiger charge is 2.39. The van der Waals surface area contributed by atoms with Crippen molar-refractivity contribution >= 4 is 21.7 Å². The van der Waals surface area contributed by atoms with Crippen LogP contribution in [0.4, 0.5) is 5.69 Å². The Labute approximate surface area is 118 Å². The molecule has 1 heterocycles. The van der Waals surface area contributed by atoms with Crippen molar-refractivity contribution in [1.29, 1.82) is 0 Å². The van der Waals surface area contributed by atoms with Gasteiger partial charge in [0.1, 0.15) is 5.92 Å². The number of benzene rings is 1. The Balaban J connectivity index is 2.38. The summed E-state index contributed by atoms with van der Waals surface area (Å²) in [5, 5.41) is 9.23. The van der Waals surface area contributed by atoms with E-state index in [-0.39, 0.29) is 12.3 Å². The van der Waals surface area contributed by atoms with Gasteiger partial charge < -0.3 is 9.84 Å². The lowest BCUT2D eigenvalue weighted by Crippen LogP contribution is -2.36. The highest BCUT2D eigenvalue weighted by Crippen LogP contribution is 2.38. The molecular weight excluding hydrogens is 282 g/mol. The van der Waals surface area contributed by atoms with Crippen molar-refractivity contribution in [3.05, 3.63) is 29.8 Å². The van der Waals surface area contributed by atoms with Gasteiger partial charge in [0.2, 0.25) is 10.0 Å². The lowest BCUT2D eigenvalue weighted by molar-refractivity contribution is -0.138. The molecule has 0 unspecified atom stereocenters. The molecule has 2 atom stereocenters. The highest BCUT2D eigenvalue weighted by atomic mass is 32.2. The number of hydrogen-bond acceptors (Lipinski definition) is 4. The van der Waals surface area contributed by atoms with Gasteiger partial charge in [-0.3, -0.25) is 9.10 Å². The molecule has 1 aliphatic rings. The number of ether oxygens (including phenoxy) is 1. The average molecular weight is 299 g/mol. The number of aliphatic carboxylic acids is 1. The largest absolute Gasteiger partial charge is 0.481 e. The van der Waals surface area contributed by atoms with Crippen LogP contribution in [0.15, 0.2) is 24.3 Å². The molecule has 0 saturated carbocycles. The molecule has 7 heteroatoms. The van der Waals surface area contributed by atoms with E-state index in [1.54, 1.807) is 31.2 Å². The van der Waals surface area contributed by atoms with Crippen molar-refractivity contribution < 1.29 is 23.1 Å². The van der Waals surface area contributed by atoms with Gasteiger partial charge in [-0.05, 0) is 18.6 Å². The third kappa shape index (κ3) is 2.64. The second-order valence-electron chi connectivity index (χ2n) is 4.81. The number of rotatable bonds is 5. The maximum Gasteiger partial charge on any atom is 0.312 e. The minimum absolute atomic E-state index is 0.0621. The highest BCUT2D eigenvalue weighted by molar-refractivity contribution is 7.92. The molecule has 0 aromatic heterocycles. The molecule has 1 N–H and O–H groups in total. The van der Waals surface area contributed by atoms with E-state index in [1.165, 1.54) is 11.4 Å². The van der Waals surface area contributed by atoms with Crippen LogP contribution >= 0.6 is 0 Å². The Hall–Kier alpha value is -1.60. The van der Waals surface area contributed by atoms with Gasteiger partial charge >= 0.3 is 5.97 Å². The van der Waals surface area contributed by atoms with Crippen molar-refractivity contribution in [2.45, 2.75) is 18.9 Å². The molecule has 0 radical (unpaired) electrons. The van der Waals surface area contributed by atoms with Gasteiger partial charge in [0.05, 0.1) is 24.1 Å². The van der Waals surface area contributed by atoms with E-state index in [1.807, 2.05) is 0 Å². The van der Waals surface area contributed by atoms with Crippen molar-refractivity contribution in [3.63, 3.8) is 0 Å². The van der Waals surface area contributed by atoms with Gasteiger partial charge in [-0.15, -0.1) is 0 Å². The summed E-state index contributed by atoms with van der Waals surface area (Å²) < 4.78 is 30.9. The van der Waals surface area contributed by atoms with Crippen LogP contribution in [0.1, 0.15) is 18.4 Å². The smallest absolute Gasteiger partial charge is 0.312 e. The number of carboxylic acids is 1. The first-order valence-electron chi connectivity index (χ1n) is 6.21. The Morgan fingerprint density at radius 1 is 1.50 bits per heavy atom. The van der Waals surface area contributed by atoms with Crippen LogP contribution < -0.4 is 4.31 Å². The van der Waals surface area contributed by atoms with Gasteiger partial charge in [-0.1, -0.05) is 18.2 Å². The SMILES string of the molecule is CO[C@@H](C)CS(=O)(=O)N1C[C@H](C(=O)O)c2ccccc21. The second-order valence-corrected chi connectivity index (χ2v) is 6.74. The summed E-state index contributed by atoms with van der Waals surface area (Å²) >= 11 is 0. The number of nitrogens with zero attached hydrogens (tertiary/aromatic N) is 1. The van der Waals surface area contributed by atoms with E-state index >= 15 is 0 Å². The van der Waals surface area contributed by atoms with Crippen molar-refractivity contribution in [1.82, 2.24) is 0 Å². The molecule has 0 bridgehead atoms. The maximum absolute atomic E-state index is 12.4. The fraction of sp³-hybridized carbons (Fsp3) is 0.462. The Morgan fingerprint density at radius 2 is 2.15 bits per heavy atom. The molecule has 110 valence electrons. The number of para-hydroxylation sites is 1. The molecule has 0 amide bonds. The van der Waals surface area contributed by atoms with E-state index in [4.69, 9.17) is 4.74 Å². The third-order valence-corrected chi connectivity index (χ3v) is 5.32. The predicted molar refractivity (Wildman–Crippen MR) is 74.4 cm³/mol. The zero-order valence-corrected chi connectivity index (χ0v) is 12.1. The van der Waals surface area contributed by atoms with Crippen LogP contribution in [-0.4, -0.2) is 45.0 Å². The summed E-state index contributed by atoms with van der Waals surface area (Å²) in [6.45, 7) is 1.60. The lowest BCUT2D eigenvalue weighted by atomic mass is 10.0. The Morgan fingerprint density at radius 3 is 2.75 bits per heavy atom. The fourth-order valence-electron chi connectivity index (χ4n) is 2.30. The van der Waals surface area contributed by atoms with Gasteiger partial charge in [-0.2, -0.15) is 0 Å². The van der Waals surface area contributed by atoms with Crippen LogP contribution in [-0.2, 0) is 19.6 Å². The van der Waals surface area contributed by atoms with Crippen LogP contribution in [0, 0.1) is 0 Å². The standard InChI is InChI=1S/C13H17NO5S/c1-9(19-2)8-20(17,18)14-7-11(13(15)16)10-5-3-4-6-12(10)14/h3-6,9,11H,7-8H2,1-2H3,(H,15,16)/t9-,11-/m0/s1. The van der Waals surface area contributed by atoms with Gasteiger partial charge in [-0.25, -0.2) is 8.42 Å². The first-order valence-corrected chi connectivity index (χ1v) is 7.82.